The number of hydrogen-bond donors (Lipinski definition) is 1. The van der Waals surface area contributed by atoms with Crippen molar-refractivity contribution in [1.82, 2.24) is 4.98 Å². The number of nitrogens with zero attached hydrogens (tertiary/aromatic N) is 1. The van der Waals surface area contributed by atoms with E-state index in [1.807, 2.05) is 38.1 Å². The Hall–Kier alpha value is -1.61. The number of nitrogens with one attached hydrogen (secondary N) is 1. The van der Waals surface area contributed by atoms with Gasteiger partial charge in [0.05, 0.1) is 11.1 Å². The van der Waals surface area contributed by atoms with E-state index < -0.39 is 5.82 Å². The first-order valence-electron chi connectivity index (χ1n) is 5.70. The summed E-state index contributed by atoms with van der Waals surface area (Å²) in [4.78, 5) is 3.94. The van der Waals surface area contributed by atoms with Gasteiger partial charge in [0.2, 0.25) is 0 Å². The van der Waals surface area contributed by atoms with Crippen molar-refractivity contribution in [3.8, 4) is 0 Å². The SMILES string of the molecule is Cc1ccc(C(C)Nc2ncc(Cl)cc2F)cc1. The number of aromatic nitrogens is 1. The first kappa shape index (κ1) is 12.8. The van der Waals surface area contributed by atoms with Gasteiger partial charge in [-0.2, -0.15) is 0 Å². The zero-order valence-corrected chi connectivity index (χ0v) is 11.0. The van der Waals surface area contributed by atoms with Crippen LogP contribution in [0.15, 0.2) is 36.5 Å². The van der Waals surface area contributed by atoms with Crippen molar-refractivity contribution in [2.45, 2.75) is 19.9 Å². The number of anilines is 1. The number of aryl methyl sites for hydroxylation is 1. The maximum Gasteiger partial charge on any atom is 0.166 e. The Bertz CT molecular complexity index is 540. The lowest BCUT2D eigenvalue weighted by Gasteiger charge is -2.15. The Morgan fingerprint density at radius 2 is 1.94 bits per heavy atom. The fourth-order valence-corrected chi connectivity index (χ4v) is 1.81. The normalized spacial score (nSPS) is 12.2. The van der Waals surface area contributed by atoms with Crippen LogP contribution in [0.1, 0.15) is 24.1 Å². The summed E-state index contributed by atoms with van der Waals surface area (Å²) in [7, 11) is 0. The summed E-state index contributed by atoms with van der Waals surface area (Å²) < 4.78 is 13.6. The summed E-state index contributed by atoms with van der Waals surface area (Å²) in [6.45, 7) is 3.99. The predicted octanol–water partition coefficient (Wildman–Crippen LogP) is 4.36. The second-order valence-electron chi connectivity index (χ2n) is 4.26. The van der Waals surface area contributed by atoms with Crippen molar-refractivity contribution in [3.63, 3.8) is 0 Å². The third-order valence-corrected chi connectivity index (χ3v) is 2.95. The summed E-state index contributed by atoms with van der Waals surface area (Å²) >= 11 is 5.66. The van der Waals surface area contributed by atoms with Gasteiger partial charge in [-0.15, -0.1) is 0 Å². The van der Waals surface area contributed by atoms with E-state index in [1.165, 1.54) is 17.8 Å². The molecule has 1 heterocycles. The van der Waals surface area contributed by atoms with Crippen molar-refractivity contribution in [3.05, 3.63) is 58.5 Å². The highest BCUT2D eigenvalue weighted by Gasteiger charge is 2.09. The van der Waals surface area contributed by atoms with Gasteiger partial charge in [0.25, 0.3) is 0 Å². The highest BCUT2D eigenvalue weighted by atomic mass is 35.5. The number of benzene rings is 1. The zero-order chi connectivity index (χ0) is 13.1. The van der Waals surface area contributed by atoms with Crippen LogP contribution in [0, 0.1) is 12.7 Å². The molecule has 0 aliphatic heterocycles. The van der Waals surface area contributed by atoms with E-state index >= 15 is 0 Å². The lowest BCUT2D eigenvalue weighted by Crippen LogP contribution is -2.09. The second-order valence-corrected chi connectivity index (χ2v) is 4.70. The molecule has 1 N–H and O–H groups in total. The number of rotatable bonds is 3. The molecule has 2 aromatic rings. The summed E-state index contributed by atoms with van der Waals surface area (Å²) in [5, 5.41) is 3.32. The number of halogens is 2. The molecule has 1 aromatic heterocycles. The average molecular weight is 265 g/mol. The minimum atomic E-state index is -0.443. The monoisotopic (exact) mass is 264 g/mol. The van der Waals surface area contributed by atoms with Gasteiger partial charge < -0.3 is 5.32 Å². The standard InChI is InChI=1S/C14H14ClFN2/c1-9-3-5-11(6-4-9)10(2)18-14-13(16)7-12(15)8-17-14/h3-8,10H,1-2H3,(H,17,18). The van der Waals surface area contributed by atoms with Crippen LogP contribution in [0.25, 0.3) is 0 Å². The average Bonchev–Trinajstić information content (AvgIpc) is 2.33. The molecule has 94 valence electrons. The molecule has 0 radical (unpaired) electrons. The van der Waals surface area contributed by atoms with Crippen LogP contribution in [-0.4, -0.2) is 4.98 Å². The minimum absolute atomic E-state index is 0.0197. The van der Waals surface area contributed by atoms with Crippen molar-refractivity contribution in [1.29, 1.82) is 0 Å². The summed E-state index contributed by atoms with van der Waals surface area (Å²) in [5.41, 5.74) is 2.28. The molecule has 1 unspecified atom stereocenters. The highest BCUT2D eigenvalue weighted by Crippen LogP contribution is 2.21. The van der Waals surface area contributed by atoms with Crippen LogP contribution < -0.4 is 5.32 Å². The van der Waals surface area contributed by atoms with Crippen LogP contribution in [0.5, 0.6) is 0 Å². The van der Waals surface area contributed by atoms with Crippen molar-refractivity contribution in [2.24, 2.45) is 0 Å². The molecule has 2 rings (SSSR count). The zero-order valence-electron chi connectivity index (χ0n) is 10.2. The maximum absolute atomic E-state index is 13.6. The molecule has 1 atom stereocenters. The van der Waals surface area contributed by atoms with Crippen LogP contribution in [-0.2, 0) is 0 Å². The molecule has 0 aliphatic carbocycles. The Labute approximate surface area is 111 Å². The van der Waals surface area contributed by atoms with Gasteiger partial charge in [0, 0.05) is 6.20 Å². The molecule has 0 saturated carbocycles. The molecular formula is C14H14ClFN2. The van der Waals surface area contributed by atoms with Crippen LogP contribution >= 0.6 is 11.6 Å². The van der Waals surface area contributed by atoms with Gasteiger partial charge in [-0.3, -0.25) is 0 Å². The van der Waals surface area contributed by atoms with E-state index in [2.05, 4.69) is 10.3 Å². The summed E-state index contributed by atoms with van der Waals surface area (Å²) in [6, 6.07) is 9.31. The first-order valence-corrected chi connectivity index (χ1v) is 6.08. The second kappa shape index (κ2) is 5.36. The smallest absolute Gasteiger partial charge is 0.166 e. The van der Waals surface area contributed by atoms with Gasteiger partial charge in [-0.25, -0.2) is 9.37 Å². The minimum Gasteiger partial charge on any atom is -0.361 e. The maximum atomic E-state index is 13.6. The van der Waals surface area contributed by atoms with Gasteiger partial charge >= 0.3 is 0 Å². The predicted molar refractivity (Wildman–Crippen MR) is 72.4 cm³/mol. The molecular weight excluding hydrogens is 251 g/mol. The summed E-state index contributed by atoms with van der Waals surface area (Å²) in [5.74, 6) is -0.228. The Morgan fingerprint density at radius 3 is 2.56 bits per heavy atom. The van der Waals surface area contributed by atoms with E-state index in [0.717, 1.165) is 5.56 Å². The van der Waals surface area contributed by atoms with Crippen LogP contribution in [0.3, 0.4) is 0 Å². The Morgan fingerprint density at radius 1 is 1.28 bits per heavy atom. The summed E-state index contributed by atoms with van der Waals surface area (Å²) in [6.07, 6.45) is 1.43. The van der Waals surface area contributed by atoms with Gasteiger partial charge in [-0.05, 0) is 25.5 Å². The van der Waals surface area contributed by atoms with E-state index in [1.54, 1.807) is 0 Å². The van der Waals surface area contributed by atoms with Crippen molar-refractivity contribution < 1.29 is 4.39 Å². The molecule has 0 bridgehead atoms. The van der Waals surface area contributed by atoms with Gasteiger partial charge in [0.1, 0.15) is 0 Å². The van der Waals surface area contributed by atoms with E-state index in [9.17, 15) is 4.39 Å². The lowest BCUT2D eigenvalue weighted by atomic mass is 10.1. The Balaban J connectivity index is 2.15. The molecule has 0 saturated heterocycles. The van der Waals surface area contributed by atoms with Crippen LogP contribution in [0.4, 0.5) is 10.2 Å². The number of hydrogen-bond acceptors (Lipinski definition) is 2. The van der Waals surface area contributed by atoms with E-state index in [-0.39, 0.29) is 11.9 Å². The molecule has 2 nitrogen and oxygen atoms in total. The topological polar surface area (TPSA) is 24.9 Å². The molecule has 1 aromatic carbocycles. The van der Waals surface area contributed by atoms with Gasteiger partial charge in [0.15, 0.2) is 11.6 Å². The fourth-order valence-electron chi connectivity index (χ4n) is 1.66. The molecule has 0 spiro atoms. The van der Waals surface area contributed by atoms with Crippen molar-refractivity contribution >= 4 is 17.4 Å². The van der Waals surface area contributed by atoms with Gasteiger partial charge in [-0.1, -0.05) is 41.4 Å². The molecule has 4 heteroatoms. The number of pyridine rings is 1. The van der Waals surface area contributed by atoms with Crippen LogP contribution in [0.2, 0.25) is 5.02 Å². The fraction of sp³-hybridized carbons (Fsp3) is 0.214. The van der Waals surface area contributed by atoms with E-state index in [0.29, 0.717) is 5.02 Å². The van der Waals surface area contributed by atoms with Crippen molar-refractivity contribution in [2.75, 3.05) is 5.32 Å². The molecule has 0 fully saturated rings. The Kier molecular flexibility index (Phi) is 3.82. The first-order chi connectivity index (χ1) is 8.56. The lowest BCUT2D eigenvalue weighted by molar-refractivity contribution is 0.621. The quantitative estimate of drug-likeness (QED) is 0.891. The molecule has 18 heavy (non-hydrogen) atoms. The molecule has 0 aliphatic rings. The highest BCUT2D eigenvalue weighted by molar-refractivity contribution is 6.30. The third-order valence-electron chi connectivity index (χ3n) is 2.74. The largest absolute Gasteiger partial charge is 0.361 e. The third kappa shape index (κ3) is 2.99. The van der Waals surface area contributed by atoms with E-state index in [4.69, 9.17) is 11.6 Å². The molecule has 0 amide bonds.